The van der Waals surface area contributed by atoms with Crippen molar-refractivity contribution in [2.45, 2.75) is 19.4 Å². The van der Waals surface area contributed by atoms with Crippen molar-refractivity contribution in [1.29, 1.82) is 0 Å². The smallest absolute Gasteiger partial charge is 0.344 e. The number of hydrogen-bond acceptors (Lipinski definition) is 4. The maximum atomic E-state index is 12.9. The van der Waals surface area contributed by atoms with Gasteiger partial charge in [-0.25, -0.2) is 9.18 Å². The summed E-state index contributed by atoms with van der Waals surface area (Å²) in [6.45, 7) is 1.47. The van der Waals surface area contributed by atoms with Gasteiger partial charge in [-0.05, 0) is 37.1 Å². The molecule has 138 valence electrons. The Morgan fingerprint density at radius 1 is 1.19 bits per heavy atom. The Morgan fingerprint density at radius 2 is 1.92 bits per heavy atom. The van der Waals surface area contributed by atoms with Crippen molar-refractivity contribution in [3.8, 4) is 5.75 Å². The Labute approximate surface area is 156 Å². The summed E-state index contributed by atoms with van der Waals surface area (Å²) >= 11 is 5.80. The molecule has 0 aliphatic heterocycles. The van der Waals surface area contributed by atoms with E-state index in [-0.39, 0.29) is 10.8 Å². The zero-order valence-electron chi connectivity index (χ0n) is 14.2. The predicted octanol–water partition coefficient (Wildman–Crippen LogP) is 3.15. The molecule has 0 fully saturated rings. The molecule has 1 N–H and O–H groups in total. The number of esters is 1. The molecule has 2 aromatic carbocycles. The number of rotatable bonds is 8. The lowest BCUT2D eigenvalue weighted by atomic mass is 10.1. The Kier molecular flexibility index (Phi) is 7.41. The Bertz CT molecular complexity index is 754. The van der Waals surface area contributed by atoms with Crippen LogP contribution in [0, 0.1) is 5.82 Å². The fourth-order valence-electron chi connectivity index (χ4n) is 2.13. The summed E-state index contributed by atoms with van der Waals surface area (Å²) in [5.41, 5.74) is 1.10. The van der Waals surface area contributed by atoms with Crippen molar-refractivity contribution in [1.82, 2.24) is 5.32 Å². The molecule has 0 saturated carbocycles. The number of hydrogen-bond donors (Lipinski definition) is 1. The maximum absolute atomic E-state index is 12.9. The van der Waals surface area contributed by atoms with Crippen LogP contribution in [0.25, 0.3) is 0 Å². The van der Waals surface area contributed by atoms with Crippen LogP contribution in [0.5, 0.6) is 5.75 Å². The van der Waals surface area contributed by atoms with Gasteiger partial charge in [0.2, 0.25) is 0 Å². The first-order chi connectivity index (χ1) is 12.5. The minimum Gasteiger partial charge on any atom is -0.480 e. The quantitative estimate of drug-likeness (QED) is 0.716. The Hall–Kier alpha value is -2.60. The van der Waals surface area contributed by atoms with Gasteiger partial charge in [-0.2, -0.15) is 0 Å². The average Bonchev–Trinajstić information content (AvgIpc) is 2.61. The molecular formula is C19H19ClFNO4. The molecular weight excluding hydrogens is 361 g/mol. The van der Waals surface area contributed by atoms with Crippen molar-refractivity contribution in [2.24, 2.45) is 0 Å². The molecule has 0 unspecified atom stereocenters. The molecule has 0 radical (unpaired) electrons. The van der Waals surface area contributed by atoms with E-state index in [1.807, 2.05) is 30.3 Å². The van der Waals surface area contributed by atoms with Crippen LogP contribution in [-0.4, -0.2) is 31.1 Å². The van der Waals surface area contributed by atoms with E-state index in [1.54, 1.807) is 0 Å². The normalized spacial score (nSPS) is 11.5. The van der Waals surface area contributed by atoms with Crippen LogP contribution in [0.1, 0.15) is 12.5 Å². The highest BCUT2D eigenvalue weighted by atomic mass is 35.5. The highest BCUT2D eigenvalue weighted by Gasteiger charge is 2.18. The number of benzene rings is 2. The molecule has 26 heavy (non-hydrogen) atoms. The van der Waals surface area contributed by atoms with E-state index >= 15 is 0 Å². The van der Waals surface area contributed by atoms with Crippen LogP contribution < -0.4 is 10.1 Å². The average molecular weight is 380 g/mol. The molecule has 0 aliphatic carbocycles. The van der Waals surface area contributed by atoms with Crippen molar-refractivity contribution >= 4 is 23.5 Å². The van der Waals surface area contributed by atoms with E-state index in [1.165, 1.54) is 13.0 Å². The third-order valence-electron chi connectivity index (χ3n) is 3.47. The van der Waals surface area contributed by atoms with Crippen LogP contribution in [-0.2, 0) is 20.7 Å². The topological polar surface area (TPSA) is 64.6 Å². The molecule has 0 spiro atoms. The third-order valence-corrected chi connectivity index (χ3v) is 3.77. The van der Waals surface area contributed by atoms with E-state index in [9.17, 15) is 14.0 Å². The van der Waals surface area contributed by atoms with Crippen LogP contribution in [0.3, 0.4) is 0 Å². The first-order valence-electron chi connectivity index (χ1n) is 8.04. The zero-order chi connectivity index (χ0) is 18.9. The second kappa shape index (κ2) is 9.77. The summed E-state index contributed by atoms with van der Waals surface area (Å²) in [7, 11) is 0. The van der Waals surface area contributed by atoms with E-state index in [0.29, 0.717) is 13.0 Å². The van der Waals surface area contributed by atoms with Crippen molar-refractivity contribution < 1.29 is 23.5 Å². The minimum atomic E-state index is -0.953. The monoisotopic (exact) mass is 379 g/mol. The molecule has 5 nitrogen and oxygen atoms in total. The predicted molar refractivity (Wildman–Crippen MR) is 95.6 cm³/mol. The van der Waals surface area contributed by atoms with Gasteiger partial charge >= 0.3 is 5.97 Å². The molecule has 0 bridgehead atoms. The number of nitrogens with one attached hydrogen (secondary N) is 1. The van der Waals surface area contributed by atoms with Gasteiger partial charge < -0.3 is 14.8 Å². The molecule has 1 atom stereocenters. The van der Waals surface area contributed by atoms with Crippen molar-refractivity contribution in [3.63, 3.8) is 0 Å². The van der Waals surface area contributed by atoms with Crippen LogP contribution in [0.15, 0.2) is 48.5 Å². The number of carbonyl (C=O) groups excluding carboxylic acids is 2. The molecule has 0 heterocycles. The Balaban J connectivity index is 1.71. The largest absolute Gasteiger partial charge is 0.480 e. The van der Waals surface area contributed by atoms with E-state index in [4.69, 9.17) is 21.1 Å². The molecule has 2 aromatic rings. The highest BCUT2D eigenvalue weighted by Crippen LogP contribution is 2.24. The summed E-state index contributed by atoms with van der Waals surface area (Å²) in [4.78, 5) is 23.7. The second-order valence-corrected chi connectivity index (χ2v) is 5.93. The van der Waals surface area contributed by atoms with Crippen LogP contribution in [0.2, 0.25) is 5.02 Å². The summed E-state index contributed by atoms with van der Waals surface area (Å²) in [6, 6.07) is 13.3. The maximum Gasteiger partial charge on any atom is 0.344 e. The lowest BCUT2D eigenvalue weighted by Crippen LogP contribution is -2.37. The molecule has 0 saturated heterocycles. The highest BCUT2D eigenvalue weighted by molar-refractivity contribution is 6.32. The van der Waals surface area contributed by atoms with E-state index in [2.05, 4.69) is 5.32 Å². The lowest BCUT2D eigenvalue weighted by Gasteiger charge is -2.14. The number of halogens is 2. The van der Waals surface area contributed by atoms with Crippen LogP contribution in [0.4, 0.5) is 4.39 Å². The van der Waals surface area contributed by atoms with Gasteiger partial charge in [0.25, 0.3) is 5.91 Å². The summed E-state index contributed by atoms with van der Waals surface area (Å²) in [5.74, 6) is -1.47. The van der Waals surface area contributed by atoms with Gasteiger partial charge in [0.15, 0.2) is 12.7 Å². The first-order valence-corrected chi connectivity index (χ1v) is 8.42. The van der Waals surface area contributed by atoms with Crippen molar-refractivity contribution in [2.75, 3.05) is 13.2 Å². The van der Waals surface area contributed by atoms with E-state index in [0.717, 1.165) is 17.7 Å². The minimum absolute atomic E-state index is 0.0458. The SMILES string of the molecule is C[C@H](OC(=O)COc1ccc(F)cc1Cl)C(=O)NCCc1ccccc1. The molecule has 2 rings (SSSR count). The molecule has 1 amide bonds. The summed E-state index contributed by atoms with van der Waals surface area (Å²) in [6.07, 6.45) is -0.273. The second-order valence-electron chi connectivity index (χ2n) is 5.52. The van der Waals surface area contributed by atoms with Gasteiger partial charge in [-0.15, -0.1) is 0 Å². The number of carbonyl (C=O) groups is 2. The van der Waals surface area contributed by atoms with Gasteiger partial charge in [0.05, 0.1) is 5.02 Å². The van der Waals surface area contributed by atoms with Gasteiger partial charge in [-0.3, -0.25) is 4.79 Å². The zero-order valence-corrected chi connectivity index (χ0v) is 15.0. The fourth-order valence-corrected chi connectivity index (χ4v) is 2.35. The third kappa shape index (κ3) is 6.37. The standard InChI is InChI=1S/C19H19ClFNO4/c1-13(19(24)22-10-9-14-5-3-2-4-6-14)26-18(23)12-25-17-8-7-15(21)11-16(17)20/h2-8,11,13H,9-10,12H2,1H3,(H,22,24)/t13-/m0/s1. The van der Waals surface area contributed by atoms with Gasteiger partial charge in [0.1, 0.15) is 11.6 Å². The number of amides is 1. The lowest BCUT2D eigenvalue weighted by molar-refractivity contribution is -0.156. The molecule has 7 heteroatoms. The summed E-state index contributed by atoms with van der Waals surface area (Å²) in [5, 5.41) is 2.75. The number of ether oxygens (including phenoxy) is 2. The first kappa shape index (κ1) is 19.7. The van der Waals surface area contributed by atoms with Gasteiger partial charge in [-0.1, -0.05) is 41.9 Å². The van der Waals surface area contributed by atoms with Gasteiger partial charge in [0, 0.05) is 6.54 Å². The fraction of sp³-hybridized carbons (Fsp3) is 0.263. The van der Waals surface area contributed by atoms with E-state index < -0.39 is 30.4 Å². The summed E-state index contributed by atoms with van der Waals surface area (Å²) < 4.78 is 23.1. The van der Waals surface area contributed by atoms with Crippen molar-refractivity contribution in [3.05, 3.63) is 64.9 Å². The molecule has 0 aromatic heterocycles. The van der Waals surface area contributed by atoms with Crippen LogP contribution >= 0.6 is 11.6 Å². The molecule has 0 aliphatic rings. The Morgan fingerprint density at radius 3 is 2.62 bits per heavy atom.